The number of hydrogen-bond donors (Lipinski definition) is 0. The van der Waals surface area contributed by atoms with Crippen LogP contribution in [0.5, 0.6) is 0 Å². The molecular weight excluding hydrogens is 715 g/mol. The second kappa shape index (κ2) is 14.4. The standard InChI is InChI=1S/C54H46F2N2/c55-43-29-13-7-27-41(43)51-49(35-19-3-1-4-20-35)53(57-45-31-15-9-23-37(45)38-24-10-16-32-46(38)57)50(36-21-5-2-6-22-36)52(42-28-8-14-30-44(42)56)54(51)58-47-33-17-11-25-39(47)40-26-12-18-34-48(40)58/h7-18,23-36H,1-6,19-22H2. The van der Waals surface area contributed by atoms with Crippen molar-refractivity contribution in [3.63, 3.8) is 0 Å². The zero-order valence-electron chi connectivity index (χ0n) is 32.7. The fourth-order valence-electron chi connectivity index (χ4n) is 11.0. The smallest absolute Gasteiger partial charge is 0.131 e. The van der Waals surface area contributed by atoms with Crippen LogP contribution in [-0.4, -0.2) is 9.13 Å². The van der Waals surface area contributed by atoms with E-state index in [1.165, 1.54) is 34.7 Å². The van der Waals surface area contributed by atoms with Crippen molar-refractivity contribution in [1.82, 2.24) is 9.13 Å². The van der Waals surface area contributed by atoms with Crippen LogP contribution < -0.4 is 0 Å². The lowest BCUT2D eigenvalue weighted by Crippen LogP contribution is -2.20. The number of benzene rings is 7. The molecule has 58 heavy (non-hydrogen) atoms. The van der Waals surface area contributed by atoms with Gasteiger partial charge in [0.05, 0.1) is 33.4 Å². The Morgan fingerprint density at radius 2 is 0.655 bits per heavy atom. The molecule has 0 unspecified atom stereocenters. The summed E-state index contributed by atoms with van der Waals surface area (Å²) in [6.07, 6.45) is 10.9. The summed E-state index contributed by atoms with van der Waals surface area (Å²) >= 11 is 0. The molecule has 0 N–H and O–H groups in total. The van der Waals surface area contributed by atoms with E-state index in [1.54, 1.807) is 24.3 Å². The maximum atomic E-state index is 17.2. The molecule has 0 aliphatic heterocycles. The maximum absolute atomic E-state index is 17.2. The minimum atomic E-state index is -0.264. The molecule has 4 heteroatoms. The molecule has 11 rings (SSSR count). The lowest BCUT2D eigenvalue weighted by Gasteiger charge is -2.37. The van der Waals surface area contributed by atoms with E-state index in [0.717, 1.165) is 107 Å². The summed E-state index contributed by atoms with van der Waals surface area (Å²) < 4.78 is 39.4. The van der Waals surface area contributed by atoms with Crippen molar-refractivity contribution in [2.75, 3.05) is 0 Å². The lowest BCUT2D eigenvalue weighted by molar-refractivity contribution is 0.435. The molecule has 2 aliphatic rings. The van der Waals surface area contributed by atoms with Gasteiger partial charge < -0.3 is 9.13 Å². The highest BCUT2D eigenvalue weighted by atomic mass is 19.1. The van der Waals surface area contributed by atoms with Gasteiger partial charge >= 0.3 is 0 Å². The molecule has 0 spiro atoms. The normalized spacial score (nSPS) is 15.6. The molecule has 0 amide bonds. The molecule has 0 radical (unpaired) electrons. The topological polar surface area (TPSA) is 9.86 Å². The van der Waals surface area contributed by atoms with Crippen LogP contribution in [0.2, 0.25) is 0 Å². The third-order valence-electron chi connectivity index (χ3n) is 13.4. The molecule has 2 aliphatic carbocycles. The second-order valence-corrected chi connectivity index (χ2v) is 16.6. The highest BCUT2D eigenvalue weighted by Crippen LogP contribution is 2.56. The third-order valence-corrected chi connectivity index (χ3v) is 13.4. The summed E-state index contributed by atoms with van der Waals surface area (Å²) in [4.78, 5) is 0. The Balaban J connectivity index is 1.48. The number of rotatable bonds is 6. The summed E-state index contributed by atoms with van der Waals surface area (Å²) in [5.74, 6) is -0.191. The predicted octanol–water partition coefficient (Wildman–Crippen LogP) is 15.6. The van der Waals surface area contributed by atoms with Gasteiger partial charge in [-0.25, -0.2) is 8.78 Å². The summed E-state index contributed by atoms with van der Waals surface area (Å²) in [7, 11) is 0. The van der Waals surface area contributed by atoms with Gasteiger partial charge in [-0.1, -0.05) is 148 Å². The second-order valence-electron chi connectivity index (χ2n) is 16.6. The number of halogens is 2. The van der Waals surface area contributed by atoms with Gasteiger partial charge in [0, 0.05) is 43.8 Å². The van der Waals surface area contributed by atoms with E-state index in [1.807, 2.05) is 24.3 Å². The molecule has 7 aromatic carbocycles. The highest BCUT2D eigenvalue weighted by molar-refractivity contribution is 6.13. The Kier molecular flexibility index (Phi) is 8.75. The van der Waals surface area contributed by atoms with Crippen LogP contribution in [0.4, 0.5) is 8.78 Å². The van der Waals surface area contributed by atoms with Crippen LogP contribution in [0.25, 0.3) is 77.2 Å². The Bertz CT molecular complexity index is 2810. The van der Waals surface area contributed by atoms with Gasteiger partial charge in [0.2, 0.25) is 0 Å². The van der Waals surface area contributed by atoms with Crippen LogP contribution in [0, 0.1) is 11.6 Å². The Morgan fingerprint density at radius 1 is 0.345 bits per heavy atom. The first-order valence-electron chi connectivity index (χ1n) is 21.4. The average Bonchev–Trinajstić information content (AvgIpc) is 3.79. The van der Waals surface area contributed by atoms with Crippen molar-refractivity contribution >= 4 is 43.6 Å². The fourth-order valence-corrected chi connectivity index (χ4v) is 11.0. The fraction of sp³-hybridized carbons (Fsp3) is 0.222. The van der Waals surface area contributed by atoms with Crippen molar-refractivity contribution in [2.45, 2.75) is 76.0 Å². The van der Waals surface area contributed by atoms with E-state index in [0.29, 0.717) is 11.1 Å². The Morgan fingerprint density at radius 3 is 1.02 bits per heavy atom. The van der Waals surface area contributed by atoms with Crippen LogP contribution in [0.15, 0.2) is 146 Å². The van der Waals surface area contributed by atoms with Crippen molar-refractivity contribution in [1.29, 1.82) is 0 Å². The van der Waals surface area contributed by atoms with Gasteiger partial charge in [0.1, 0.15) is 11.6 Å². The Labute approximate surface area is 338 Å². The molecule has 9 aromatic rings. The van der Waals surface area contributed by atoms with Gasteiger partial charge in [0.15, 0.2) is 0 Å². The molecule has 0 saturated heterocycles. The summed E-state index contributed by atoms with van der Waals surface area (Å²) in [5, 5.41) is 4.63. The van der Waals surface area contributed by atoms with Crippen molar-refractivity contribution < 1.29 is 8.78 Å². The van der Waals surface area contributed by atoms with E-state index in [2.05, 4.69) is 106 Å². The van der Waals surface area contributed by atoms with Crippen LogP contribution in [0.1, 0.15) is 87.2 Å². The molecular formula is C54H46F2N2. The van der Waals surface area contributed by atoms with E-state index < -0.39 is 0 Å². The first-order valence-corrected chi connectivity index (χ1v) is 21.4. The summed E-state index contributed by atoms with van der Waals surface area (Å²) in [5.41, 5.74) is 11.6. The van der Waals surface area contributed by atoms with Gasteiger partial charge in [-0.15, -0.1) is 0 Å². The average molecular weight is 761 g/mol. The monoisotopic (exact) mass is 760 g/mol. The number of para-hydroxylation sites is 4. The molecule has 0 atom stereocenters. The third kappa shape index (κ3) is 5.48. The zero-order chi connectivity index (χ0) is 38.7. The van der Waals surface area contributed by atoms with Crippen LogP contribution >= 0.6 is 0 Å². The number of aromatic nitrogens is 2. The van der Waals surface area contributed by atoms with Crippen LogP contribution in [-0.2, 0) is 0 Å². The van der Waals surface area contributed by atoms with Gasteiger partial charge in [-0.05, 0) is 85.0 Å². The minimum absolute atomic E-state index is 0.169. The van der Waals surface area contributed by atoms with E-state index in [-0.39, 0.29) is 23.5 Å². The number of nitrogens with zero attached hydrogens (tertiary/aromatic N) is 2. The van der Waals surface area contributed by atoms with Crippen molar-refractivity contribution in [3.8, 4) is 33.6 Å². The van der Waals surface area contributed by atoms with E-state index in [9.17, 15) is 0 Å². The number of hydrogen-bond acceptors (Lipinski definition) is 0. The zero-order valence-corrected chi connectivity index (χ0v) is 32.7. The summed E-state index contributed by atoms with van der Waals surface area (Å²) in [6.45, 7) is 0. The van der Waals surface area contributed by atoms with Gasteiger partial charge in [-0.3, -0.25) is 0 Å². The molecule has 2 saturated carbocycles. The molecule has 2 nitrogen and oxygen atoms in total. The maximum Gasteiger partial charge on any atom is 0.131 e. The van der Waals surface area contributed by atoms with Gasteiger partial charge in [-0.2, -0.15) is 0 Å². The predicted molar refractivity (Wildman–Crippen MR) is 238 cm³/mol. The SMILES string of the molecule is Fc1ccccc1-c1c(C2CCCCC2)c(-n2c3ccccc3c3ccccc32)c(C2CCCCC2)c(-c2ccccc2F)c1-n1c2ccccc2c2ccccc21. The largest absolute Gasteiger partial charge is 0.309 e. The summed E-state index contributed by atoms with van der Waals surface area (Å²) in [6, 6.07) is 49.3. The van der Waals surface area contributed by atoms with E-state index in [4.69, 9.17) is 0 Å². The van der Waals surface area contributed by atoms with Crippen molar-refractivity contribution in [2.24, 2.45) is 0 Å². The quantitative estimate of drug-likeness (QED) is 0.160. The minimum Gasteiger partial charge on any atom is -0.309 e. The van der Waals surface area contributed by atoms with Gasteiger partial charge in [0.25, 0.3) is 0 Å². The first-order chi connectivity index (χ1) is 28.7. The molecule has 286 valence electrons. The Hall–Kier alpha value is -6.00. The first kappa shape index (κ1) is 35.2. The highest BCUT2D eigenvalue weighted by Gasteiger charge is 2.38. The molecule has 2 fully saturated rings. The van der Waals surface area contributed by atoms with Crippen molar-refractivity contribution in [3.05, 3.63) is 168 Å². The van der Waals surface area contributed by atoms with E-state index >= 15 is 8.78 Å². The molecule has 2 aromatic heterocycles. The molecule has 2 heterocycles. The lowest BCUT2D eigenvalue weighted by atomic mass is 9.72. The molecule has 0 bridgehead atoms. The number of fused-ring (bicyclic) bond motifs is 6. The van der Waals surface area contributed by atoms with Crippen LogP contribution in [0.3, 0.4) is 0 Å².